The van der Waals surface area contributed by atoms with Gasteiger partial charge in [-0.15, -0.1) is 0 Å². The maximum absolute atomic E-state index is 12.3. The fraction of sp³-hybridized carbons (Fsp3) is 0.421. The predicted octanol–water partition coefficient (Wildman–Crippen LogP) is 3.36. The molecule has 0 fully saturated rings. The van der Waals surface area contributed by atoms with Crippen molar-refractivity contribution < 1.29 is 19.1 Å². The number of aromatic nitrogens is 2. The van der Waals surface area contributed by atoms with E-state index < -0.39 is 11.6 Å². The lowest BCUT2D eigenvalue weighted by molar-refractivity contribution is 0.0224. The van der Waals surface area contributed by atoms with E-state index in [0.29, 0.717) is 36.8 Å². The zero-order valence-corrected chi connectivity index (χ0v) is 16.5. The number of amides is 3. The van der Waals surface area contributed by atoms with E-state index in [2.05, 4.69) is 20.8 Å². The SMILES string of the molecule is COc1cccc(NC(=O)Nc2n[nH]c3c2CN(C(=O)OC(C)(C)C)CC3)c1. The quantitative estimate of drug-likeness (QED) is 0.748. The third-order valence-corrected chi connectivity index (χ3v) is 4.14. The Morgan fingerprint density at radius 2 is 2.04 bits per heavy atom. The number of fused-ring (bicyclic) bond motifs is 1. The second-order valence-corrected chi connectivity index (χ2v) is 7.49. The Hall–Kier alpha value is -3.23. The van der Waals surface area contributed by atoms with Crippen LogP contribution in [-0.2, 0) is 17.7 Å². The smallest absolute Gasteiger partial charge is 0.410 e. The Kier molecular flexibility index (Phi) is 5.43. The zero-order chi connectivity index (χ0) is 20.3. The standard InChI is InChI=1S/C19H25N5O4/c1-19(2,3)28-18(26)24-9-8-15-14(11-24)16(23-22-15)21-17(25)20-12-6-5-7-13(10-12)27-4/h5-7,10H,8-9,11H2,1-4H3,(H3,20,21,22,23,25). The van der Waals surface area contributed by atoms with Gasteiger partial charge in [0.2, 0.25) is 0 Å². The van der Waals surface area contributed by atoms with Crippen molar-refractivity contribution in [2.75, 3.05) is 24.3 Å². The van der Waals surface area contributed by atoms with Crippen molar-refractivity contribution >= 4 is 23.6 Å². The molecule has 1 aliphatic rings. The van der Waals surface area contributed by atoms with Gasteiger partial charge in [0.1, 0.15) is 11.4 Å². The molecule has 0 radical (unpaired) electrons. The first kappa shape index (κ1) is 19.5. The lowest BCUT2D eigenvalue weighted by atomic mass is 10.1. The molecule has 9 heteroatoms. The van der Waals surface area contributed by atoms with Gasteiger partial charge in [-0.25, -0.2) is 9.59 Å². The van der Waals surface area contributed by atoms with Crippen LogP contribution in [0.3, 0.4) is 0 Å². The van der Waals surface area contributed by atoms with Crippen molar-refractivity contribution in [3.63, 3.8) is 0 Å². The van der Waals surface area contributed by atoms with E-state index >= 15 is 0 Å². The Balaban J connectivity index is 1.66. The molecule has 1 aliphatic heterocycles. The van der Waals surface area contributed by atoms with E-state index in [1.165, 1.54) is 0 Å². The minimum Gasteiger partial charge on any atom is -0.497 e. The molecule has 3 rings (SSSR count). The first-order valence-electron chi connectivity index (χ1n) is 9.01. The average Bonchev–Trinajstić information content (AvgIpc) is 3.02. The number of benzene rings is 1. The second-order valence-electron chi connectivity index (χ2n) is 7.49. The average molecular weight is 387 g/mol. The molecule has 28 heavy (non-hydrogen) atoms. The maximum atomic E-state index is 12.3. The number of H-pyrrole nitrogens is 1. The first-order valence-corrected chi connectivity index (χ1v) is 9.01. The maximum Gasteiger partial charge on any atom is 0.410 e. The van der Waals surface area contributed by atoms with Gasteiger partial charge in [0, 0.05) is 36.0 Å². The topological polar surface area (TPSA) is 109 Å². The summed E-state index contributed by atoms with van der Waals surface area (Å²) in [4.78, 5) is 26.3. The third-order valence-electron chi connectivity index (χ3n) is 4.14. The number of methoxy groups -OCH3 is 1. The summed E-state index contributed by atoms with van der Waals surface area (Å²) in [6.07, 6.45) is 0.229. The molecule has 2 aromatic rings. The summed E-state index contributed by atoms with van der Waals surface area (Å²) >= 11 is 0. The number of hydrogen-bond acceptors (Lipinski definition) is 5. The molecule has 0 unspecified atom stereocenters. The van der Waals surface area contributed by atoms with Gasteiger partial charge < -0.3 is 19.7 Å². The number of anilines is 2. The summed E-state index contributed by atoms with van der Waals surface area (Å²) in [5.74, 6) is 1.03. The molecule has 0 bridgehead atoms. The Bertz CT molecular complexity index is 871. The van der Waals surface area contributed by atoms with Gasteiger partial charge in [0.05, 0.1) is 13.7 Å². The molecule has 0 saturated heterocycles. The van der Waals surface area contributed by atoms with Crippen molar-refractivity contribution in [1.82, 2.24) is 15.1 Å². The summed E-state index contributed by atoms with van der Waals surface area (Å²) in [6.45, 7) is 6.32. The summed E-state index contributed by atoms with van der Waals surface area (Å²) in [5, 5.41) is 12.6. The highest BCUT2D eigenvalue weighted by Gasteiger charge is 2.29. The summed E-state index contributed by atoms with van der Waals surface area (Å²) in [5.41, 5.74) is 1.71. The van der Waals surface area contributed by atoms with Crippen LogP contribution in [0.25, 0.3) is 0 Å². The number of aromatic amines is 1. The van der Waals surface area contributed by atoms with Crippen molar-refractivity contribution in [2.45, 2.75) is 39.3 Å². The Morgan fingerprint density at radius 3 is 2.75 bits per heavy atom. The molecular weight excluding hydrogens is 362 g/mol. The highest BCUT2D eigenvalue weighted by molar-refractivity contribution is 5.99. The highest BCUT2D eigenvalue weighted by atomic mass is 16.6. The number of carbonyl (C=O) groups excluding carboxylic acids is 2. The van der Waals surface area contributed by atoms with Crippen LogP contribution in [-0.4, -0.2) is 46.5 Å². The van der Waals surface area contributed by atoms with Crippen LogP contribution in [0.1, 0.15) is 32.0 Å². The molecule has 2 heterocycles. The normalized spacial score (nSPS) is 13.5. The van der Waals surface area contributed by atoms with Crippen LogP contribution in [0.4, 0.5) is 21.1 Å². The van der Waals surface area contributed by atoms with Gasteiger partial charge in [0.25, 0.3) is 0 Å². The molecule has 0 atom stereocenters. The van der Waals surface area contributed by atoms with Crippen LogP contribution < -0.4 is 15.4 Å². The first-order chi connectivity index (χ1) is 13.2. The van der Waals surface area contributed by atoms with Crippen molar-refractivity contribution in [3.05, 3.63) is 35.5 Å². The number of hydrogen-bond donors (Lipinski definition) is 3. The van der Waals surface area contributed by atoms with Crippen LogP contribution in [0.15, 0.2) is 24.3 Å². The Morgan fingerprint density at radius 1 is 1.25 bits per heavy atom. The van der Waals surface area contributed by atoms with E-state index in [1.54, 1.807) is 36.3 Å². The summed E-state index contributed by atoms with van der Waals surface area (Å²) < 4.78 is 10.6. The molecule has 1 aromatic heterocycles. The van der Waals surface area contributed by atoms with Crippen LogP contribution in [0.2, 0.25) is 0 Å². The van der Waals surface area contributed by atoms with Crippen molar-refractivity contribution in [2.24, 2.45) is 0 Å². The third kappa shape index (κ3) is 4.73. The minimum atomic E-state index is -0.564. The molecule has 150 valence electrons. The van der Waals surface area contributed by atoms with Crippen molar-refractivity contribution in [3.8, 4) is 5.75 Å². The fourth-order valence-electron chi connectivity index (χ4n) is 2.85. The number of nitrogens with one attached hydrogen (secondary N) is 3. The van der Waals surface area contributed by atoms with Crippen LogP contribution >= 0.6 is 0 Å². The molecule has 0 spiro atoms. The molecule has 3 N–H and O–H groups in total. The van der Waals surface area contributed by atoms with Gasteiger partial charge in [-0.05, 0) is 32.9 Å². The molecular formula is C19H25N5O4. The fourth-order valence-corrected chi connectivity index (χ4v) is 2.85. The number of urea groups is 1. The van der Waals surface area contributed by atoms with E-state index in [9.17, 15) is 9.59 Å². The van der Waals surface area contributed by atoms with E-state index in [4.69, 9.17) is 9.47 Å². The van der Waals surface area contributed by atoms with Gasteiger partial charge in [-0.3, -0.25) is 10.4 Å². The van der Waals surface area contributed by atoms with Gasteiger partial charge in [-0.2, -0.15) is 5.10 Å². The number of ether oxygens (including phenoxy) is 2. The number of carbonyl (C=O) groups is 2. The predicted molar refractivity (Wildman–Crippen MR) is 105 cm³/mol. The lowest BCUT2D eigenvalue weighted by Crippen LogP contribution is -2.40. The lowest BCUT2D eigenvalue weighted by Gasteiger charge is -2.30. The van der Waals surface area contributed by atoms with E-state index in [1.807, 2.05) is 20.8 Å². The molecule has 1 aromatic carbocycles. The van der Waals surface area contributed by atoms with E-state index in [-0.39, 0.29) is 6.09 Å². The van der Waals surface area contributed by atoms with Gasteiger partial charge in [-0.1, -0.05) is 6.07 Å². The Labute approximate surface area is 163 Å². The van der Waals surface area contributed by atoms with Gasteiger partial charge in [0.15, 0.2) is 5.82 Å². The van der Waals surface area contributed by atoms with E-state index in [0.717, 1.165) is 11.3 Å². The second kappa shape index (κ2) is 7.79. The largest absolute Gasteiger partial charge is 0.497 e. The minimum absolute atomic E-state index is 0.315. The zero-order valence-electron chi connectivity index (χ0n) is 16.5. The van der Waals surface area contributed by atoms with Gasteiger partial charge >= 0.3 is 12.1 Å². The molecule has 0 aliphatic carbocycles. The summed E-state index contributed by atoms with van der Waals surface area (Å²) in [7, 11) is 1.56. The molecule has 9 nitrogen and oxygen atoms in total. The van der Waals surface area contributed by atoms with Crippen LogP contribution in [0, 0.1) is 0 Å². The number of nitrogens with zero attached hydrogens (tertiary/aromatic N) is 2. The van der Waals surface area contributed by atoms with Crippen LogP contribution in [0.5, 0.6) is 5.75 Å². The monoisotopic (exact) mass is 387 g/mol. The number of rotatable bonds is 3. The molecule has 0 saturated carbocycles. The van der Waals surface area contributed by atoms with Crippen molar-refractivity contribution in [1.29, 1.82) is 0 Å². The highest BCUT2D eigenvalue weighted by Crippen LogP contribution is 2.25. The molecule has 3 amide bonds. The summed E-state index contributed by atoms with van der Waals surface area (Å²) in [6, 6.07) is 6.61.